The predicted octanol–water partition coefficient (Wildman–Crippen LogP) is 4.73. The second kappa shape index (κ2) is 9.99. The minimum absolute atomic E-state index is 0.0593. The van der Waals surface area contributed by atoms with Crippen molar-refractivity contribution in [3.8, 4) is 17.2 Å². The van der Waals surface area contributed by atoms with Gasteiger partial charge >= 0.3 is 0 Å². The molecule has 0 saturated carbocycles. The molecule has 0 bridgehead atoms. The van der Waals surface area contributed by atoms with E-state index >= 15 is 0 Å². The first kappa shape index (κ1) is 24.2. The normalized spacial score (nSPS) is 16.3. The number of fused-ring (bicyclic) bond motifs is 3. The molecule has 0 radical (unpaired) electrons. The van der Waals surface area contributed by atoms with Crippen LogP contribution in [0.1, 0.15) is 41.6 Å². The summed E-state index contributed by atoms with van der Waals surface area (Å²) in [6.07, 6.45) is 3.66. The Morgan fingerprint density at radius 2 is 1.79 bits per heavy atom. The predicted molar refractivity (Wildman–Crippen MR) is 150 cm³/mol. The van der Waals surface area contributed by atoms with Crippen LogP contribution in [0, 0.1) is 0 Å². The van der Waals surface area contributed by atoms with Gasteiger partial charge in [-0.25, -0.2) is 4.99 Å². The summed E-state index contributed by atoms with van der Waals surface area (Å²) in [6.45, 7) is 2.58. The van der Waals surface area contributed by atoms with E-state index in [4.69, 9.17) is 19.2 Å². The van der Waals surface area contributed by atoms with E-state index in [2.05, 4.69) is 36.4 Å². The van der Waals surface area contributed by atoms with E-state index in [1.807, 2.05) is 47.9 Å². The molecular formula is C31H28N2O4S. The molecule has 38 heavy (non-hydrogen) atoms. The van der Waals surface area contributed by atoms with Crippen LogP contribution >= 0.6 is 11.3 Å². The van der Waals surface area contributed by atoms with Gasteiger partial charge in [0.25, 0.3) is 5.56 Å². The maximum absolute atomic E-state index is 14.0. The summed E-state index contributed by atoms with van der Waals surface area (Å²) < 4.78 is 19.1. The molecule has 4 aromatic rings. The number of nitrogens with zero attached hydrogens (tertiary/aromatic N) is 2. The third kappa shape index (κ3) is 4.13. The SMILES string of the molecule is CCOc1ccc(C2C3=C(N=c4sc(=Cc5ccc(OC)cc5OC)c(=O)n42)c2ccccc2CC3)cc1. The van der Waals surface area contributed by atoms with Crippen LogP contribution in [-0.4, -0.2) is 25.4 Å². The van der Waals surface area contributed by atoms with Gasteiger partial charge in [0.05, 0.1) is 37.1 Å². The van der Waals surface area contributed by atoms with Gasteiger partial charge in [0.15, 0.2) is 4.80 Å². The number of allylic oxidation sites excluding steroid dienone is 1. The Labute approximate surface area is 224 Å². The number of aryl methyl sites for hydroxylation is 1. The zero-order valence-corrected chi connectivity index (χ0v) is 22.4. The molecule has 7 heteroatoms. The molecule has 1 atom stereocenters. The van der Waals surface area contributed by atoms with Crippen molar-refractivity contribution in [2.75, 3.05) is 20.8 Å². The Kier molecular flexibility index (Phi) is 6.37. The van der Waals surface area contributed by atoms with Crippen LogP contribution in [-0.2, 0) is 6.42 Å². The minimum atomic E-state index is -0.231. The van der Waals surface area contributed by atoms with Crippen LogP contribution in [0.25, 0.3) is 11.8 Å². The van der Waals surface area contributed by atoms with Crippen molar-refractivity contribution in [1.82, 2.24) is 4.57 Å². The van der Waals surface area contributed by atoms with Crippen LogP contribution in [0.2, 0.25) is 0 Å². The standard InChI is InChI=1S/C31H28N2O4S/c1-4-37-22-13-9-20(10-14-22)29-25-16-12-19-7-5-6-8-24(19)28(25)32-31-33(29)30(34)27(38-31)17-21-11-15-23(35-2)18-26(21)36-3/h5-11,13-15,17-18,29H,4,12,16H2,1-3H3. The molecule has 0 amide bonds. The van der Waals surface area contributed by atoms with Gasteiger partial charge in [-0.15, -0.1) is 0 Å². The quantitative estimate of drug-likeness (QED) is 0.366. The number of rotatable bonds is 6. The zero-order chi connectivity index (χ0) is 26.2. The molecule has 0 N–H and O–H groups in total. The van der Waals surface area contributed by atoms with Gasteiger partial charge < -0.3 is 14.2 Å². The zero-order valence-electron chi connectivity index (χ0n) is 21.6. The van der Waals surface area contributed by atoms with Crippen LogP contribution in [0.5, 0.6) is 17.2 Å². The number of ether oxygens (including phenoxy) is 3. The maximum Gasteiger partial charge on any atom is 0.271 e. The number of benzene rings is 3. The third-order valence-electron chi connectivity index (χ3n) is 7.11. The monoisotopic (exact) mass is 524 g/mol. The molecule has 1 aliphatic heterocycles. The highest BCUT2D eigenvalue weighted by Crippen LogP contribution is 2.41. The lowest BCUT2D eigenvalue weighted by Crippen LogP contribution is -2.38. The van der Waals surface area contributed by atoms with Crippen molar-refractivity contribution in [2.45, 2.75) is 25.8 Å². The first-order chi connectivity index (χ1) is 18.6. The second-order valence-corrected chi connectivity index (χ2v) is 10.2. The first-order valence-corrected chi connectivity index (χ1v) is 13.5. The lowest BCUT2D eigenvalue weighted by Gasteiger charge is -2.30. The van der Waals surface area contributed by atoms with E-state index < -0.39 is 0 Å². The molecular weight excluding hydrogens is 496 g/mol. The number of thiazole rings is 1. The van der Waals surface area contributed by atoms with E-state index in [-0.39, 0.29) is 11.6 Å². The number of hydrogen-bond donors (Lipinski definition) is 0. The molecule has 6 nitrogen and oxygen atoms in total. The highest BCUT2D eigenvalue weighted by atomic mass is 32.1. The average molecular weight is 525 g/mol. The van der Waals surface area contributed by atoms with Gasteiger partial charge in [0, 0.05) is 17.2 Å². The lowest BCUT2D eigenvalue weighted by molar-refractivity contribution is 0.340. The molecule has 1 unspecified atom stereocenters. The van der Waals surface area contributed by atoms with Gasteiger partial charge in [0.1, 0.15) is 17.2 Å². The minimum Gasteiger partial charge on any atom is -0.497 e. The van der Waals surface area contributed by atoms with Crippen molar-refractivity contribution >= 4 is 23.1 Å². The van der Waals surface area contributed by atoms with Gasteiger partial charge in [-0.2, -0.15) is 0 Å². The topological polar surface area (TPSA) is 62.0 Å². The van der Waals surface area contributed by atoms with Crippen LogP contribution in [0.15, 0.2) is 82.1 Å². The van der Waals surface area contributed by atoms with E-state index in [1.54, 1.807) is 14.2 Å². The summed E-state index contributed by atoms with van der Waals surface area (Å²) in [5, 5.41) is 0. The Balaban J connectivity index is 1.57. The van der Waals surface area contributed by atoms with Crippen LogP contribution < -0.4 is 29.1 Å². The Bertz CT molecular complexity index is 1730. The highest BCUT2D eigenvalue weighted by molar-refractivity contribution is 7.07. The Hall–Kier alpha value is -4.10. The third-order valence-corrected chi connectivity index (χ3v) is 8.09. The van der Waals surface area contributed by atoms with Crippen molar-refractivity contribution < 1.29 is 14.2 Å². The molecule has 2 heterocycles. The number of methoxy groups -OCH3 is 2. The fraction of sp³-hybridized carbons (Fsp3) is 0.226. The fourth-order valence-corrected chi connectivity index (χ4v) is 6.31. The van der Waals surface area contributed by atoms with Gasteiger partial charge in [-0.05, 0) is 66.8 Å². The van der Waals surface area contributed by atoms with E-state index in [9.17, 15) is 4.79 Å². The highest BCUT2D eigenvalue weighted by Gasteiger charge is 2.32. The summed E-state index contributed by atoms with van der Waals surface area (Å²) in [4.78, 5) is 19.8. The van der Waals surface area contributed by atoms with E-state index in [1.165, 1.54) is 22.5 Å². The van der Waals surface area contributed by atoms with Crippen LogP contribution in [0.4, 0.5) is 0 Å². The van der Waals surface area contributed by atoms with Gasteiger partial charge in [-0.1, -0.05) is 47.7 Å². The van der Waals surface area contributed by atoms with E-state index in [0.29, 0.717) is 27.4 Å². The van der Waals surface area contributed by atoms with E-state index in [0.717, 1.165) is 41.0 Å². The summed E-state index contributed by atoms with van der Waals surface area (Å²) >= 11 is 1.41. The molecule has 3 aromatic carbocycles. The molecule has 6 rings (SSSR count). The lowest BCUT2D eigenvalue weighted by atomic mass is 9.83. The molecule has 0 saturated heterocycles. The Morgan fingerprint density at radius 1 is 1.00 bits per heavy atom. The Morgan fingerprint density at radius 3 is 2.55 bits per heavy atom. The molecule has 192 valence electrons. The molecule has 2 aliphatic rings. The van der Waals surface area contributed by atoms with Crippen molar-refractivity contribution in [3.63, 3.8) is 0 Å². The summed E-state index contributed by atoms with van der Waals surface area (Å²) in [6, 6.07) is 21.9. The fourth-order valence-electron chi connectivity index (χ4n) is 5.31. The van der Waals surface area contributed by atoms with Gasteiger partial charge in [0.2, 0.25) is 0 Å². The molecule has 0 fully saturated rings. The maximum atomic E-state index is 14.0. The smallest absolute Gasteiger partial charge is 0.271 e. The molecule has 1 aromatic heterocycles. The van der Waals surface area contributed by atoms with Crippen molar-refractivity contribution in [3.05, 3.63) is 114 Å². The number of aromatic nitrogens is 1. The molecule has 1 aliphatic carbocycles. The van der Waals surface area contributed by atoms with Gasteiger partial charge in [-0.3, -0.25) is 9.36 Å². The average Bonchev–Trinajstić information content (AvgIpc) is 3.27. The van der Waals surface area contributed by atoms with Crippen LogP contribution in [0.3, 0.4) is 0 Å². The largest absolute Gasteiger partial charge is 0.497 e. The molecule has 0 spiro atoms. The van der Waals surface area contributed by atoms with Crippen molar-refractivity contribution in [1.29, 1.82) is 0 Å². The second-order valence-electron chi connectivity index (χ2n) is 9.22. The first-order valence-electron chi connectivity index (χ1n) is 12.7. The van der Waals surface area contributed by atoms with Crippen molar-refractivity contribution in [2.24, 2.45) is 4.99 Å². The summed E-state index contributed by atoms with van der Waals surface area (Å²) in [7, 11) is 3.23. The summed E-state index contributed by atoms with van der Waals surface area (Å²) in [5.41, 5.74) is 6.40. The summed E-state index contributed by atoms with van der Waals surface area (Å²) in [5.74, 6) is 2.16. The number of hydrogen-bond acceptors (Lipinski definition) is 6.